The molecule has 0 aliphatic heterocycles. The van der Waals surface area contributed by atoms with Gasteiger partial charge in [0.05, 0.1) is 0 Å². The zero-order chi connectivity index (χ0) is 13.7. The van der Waals surface area contributed by atoms with E-state index in [9.17, 15) is 4.79 Å². The lowest BCUT2D eigenvalue weighted by molar-refractivity contribution is -0.132. The first-order valence-electron chi connectivity index (χ1n) is 6.80. The van der Waals surface area contributed by atoms with E-state index in [1.54, 1.807) is 0 Å². The lowest BCUT2D eigenvalue weighted by atomic mass is 9.94. The monoisotopic (exact) mass is 299 g/mol. The molecule has 1 saturated carbocycles. The summed E-state index contributed by atoms with van der Waals surface area (Å²) in [7, 11) is 0. The fourth-order valence-electron chi connectivity index (χ4n) is 2.72. The van der Waals surface area contributed by atoms with Crippen LogP contribution in [-0.2, 0) is 11.3 Å². The smallest absolute Gasteiger partial charge is 0.238 e. The molecule has 1 fully saturated rings. The molecule has 4 heteroatoms. The van der Waals surface area contributed by atoms with Crippen LogP contribution in [0.5, 0.6) is 0 Å². The predicted molar refractivity (Wildman–Crippen MR) is 79.6 cm³/mol. The molecule has 0 N–H and O–H groups in total. The van der Waals surface area contributed by atoms with Gasteiger partial charge < -0.3 is 4.90 Å². The van der Waals surface area contributed by atoms with Crippen LogP contribution in [0.3, 0.4) is 0 Å². The summed E-state index contributed by atoms with van der Waals surface area (Å²) < 4.78 is 0. The maximum Gasteiger partial charge on any atom is 0.238 e. The Bertz CT molecular complexity index is 430. The van der Waals surface area contributed by atoms with Crippen molar-refractivity contribution in [1.29, 1.82) is 0 Å². The first-order chi connectivity index (χ1) is 9.20. The van der Waals surface area contributed by atoms with Gasteiger partial charge in [-0.3, -0.25) is 4.79 Å². The Kier molecular flexibility index (Phi) is 5.53. The minimum absolute atomic E-state index is 0.0218. The summed E-state index contributed by atoms with van der Waals surface area (Å²) in [5.41, 5.74) is 1.07. The van der Waals surface area contributed by atoms with Gasteiger partial charge >= 0.3 is 0 Å². The molecule has 0 unspecified atom stereocenters. The van der Waals surface area contributed by atoms with E-state index in [0.717, 1.165) is 18.4 Å². The van der Waals surface area contributed by atoms with Crippen molar-refractivity contribution in [3.8, 4) is 0 Å². The molecule has 1 aliphatic carbocycles. The number of carbonyl (C=O) groups excluding carboxylic acids is 1. The van der Waals surface area contributed by atoms with Gasteiger partial charge in [0.25, 0.3) is 0 Å². The summed E-state index contributed by atoms with van der Waals surface area (Å²) in [5.74, 6) is 0.0744. The number of amides is 1. The molecule has 104 valence electrons. The normalized spacial score (nSPS) is 16.3. The van der Waals surface area contributed by atoms with Crippen LogP contribution in [0, 0.1) is 0 Å². The second-order valence-electron chi connectivity index (χ2n) is 5.08. The summed E-state index contributed by atoms with van der Waals surface area (Å²) in [5, 5.41) is 0.708. The van der Waals surface area contributed by atoms with E-state index >= 15 is 0 Å². The van der Waals surface area contributed by atoms with E-state index in [4.69, 9.17) is 23.2 Å². The van der Waals surface area contributed by atoms with E-state index in [1.807, 2.05) is 29.2 Å². The lowest BCUT2D eigenvalue weighted by Gasteiger charge is -2.34. The Hall–Kier alpha value is -0.730. The summed E-state index contributed by atoms with van der Waals surface area (Å²) in [6.45, 7) is 0.608. The van der Waals surface area contributed by atoms with Crippen LogP contribution < -0.4 is 0 Å². The standard InChI is InChI=1S/C15H19Cl2NO/c16-10-15(19)18(14-7-2-1-3-8-14)11-12-5-4-6-13(17)9-12/h4-6,9,14H,1-3,7-8,10-11H2. The van der Waals surface area contributed by atoms with Gasteiger partial charge in [0.2, 0.25) is 5.91 Å². The summed E-state index contributed by atoms with van der Waals surface area (Å²) in [6.07, 6.45) is 5.85. The molecule has 1 amide bonds. The summed E-state index contributed by atoms with van der Waals surface area (Å²) >= 11 is 11.7. The van der Waals surface area contributed by atoms with Crippen molar-refractivity contribution >= 4 is 29.1 Å². The first kappa shape index (κ1) is 14.7. The maximum atomic E-state index is 12.1. The van der Waals surface area contributed by atoms with Crippen molar-refractivity contribution in [2.24, 2.45) is 0 Å². The number of halogens is 2. The summed E-state index contributed by atoms with van der Waals surface area (Å²) in [4.78, 5) is 14.0. The molecule has 1 aromatic carbocycles. The third-order valence-corrected chi connectivity index (χ3v) is 4.16. The third kappa shape index (κ3) is 4.12. The van der Waals surface area contributed by atoms with Crippen molar-refractivity contribution in [2.45, 2.75) is 44.7 Å². The van der Waals surface area contributed by atoms with Gasteiger partial charge in [-0.15, -0.1) is 11.6 Å². The fourth-order valence-corrected chi connectivity index (χ4v) is 3.09. The Balaban J connectivity index is 2.11. The van der Waals surface area contributed by atoms with E-state index in [2.05, 4.69) is 0 Å². The van der Waals surface area contributed by atoms with E-state index in [-0.39, 0.29) is 11.8 Å². The average Bonchev–Trinajstić information content (AvgIpc) is 2.45. The number of hydrogen-bond acceptors (Lipinski definition) is 1. The maximum absolute atomic E-state index is 12.1. The molecule has 0 atom stereocenters. The highest BCUT2D eigenvalue weighted by Crippen LogP contribution is 2.25. The largest absolute Gasteiger partial charge is 0.334 e. The predicted octanol–water partition coefficient (Wildman–Crippen LogP) is 4.24. The van der Waals surface area contributed by atoms with Crippen molar-refractivity contribution in [1.82, 2.24) is 4.90 Å². The number of rotatable bonds is 4. The Morgan fingerprint density at radius 2 is 2.00 bits per heavy atom. The number of benzene rings is 1. The Morgan fingerprint density at radius 3 is 2.63 bits per heavy atom. The number of alkyl halides is 1. The molecule has 0 heterocycles. The van der Waals surface area contributed by atoms with Crippen LogP contribution in [-0.4, -0.2) is 22.7 Å². The van der Waals surface area contributed by atoms with Gasteiger partial charge in [-0.05, 0) is 30.5 Å². The highest BCUT2D eigenvalue weighted by molar-refractivity contribution is 6.30. The zero-order valence-corrected chi connectivity index (χ0v) is 12.5. The topological polar surface area (TPSA) is 20.3 Å². The molecule has 0 radical (unpaired) electrons. The second-order valence-corrected chi connectivity index (χ2v) is 5.78. The minimum atomic E-state index is 0.0218. The van der Waals surface area contributed by atoms with Crippen molar-refractivity contribution in [3.63, 3.8) is 0 Å². The third-order valence-electron chi connectivity index (χ3n) is 3.69. The van der Waals surface area contributed by atoms with Crippen molar-refractivity contribution in [3.05, 3.63) is 34.9 Å². The van der Waals surface area contributed by atoms with Gasteiger partial charge in [-0.1, -0.05) is 43.0 Å². The molecule has 0 bridgehead atoms. The number of nitrogens with zero attached hydrogens (tertiary/aromatic N) is 1. The lowest BCUT2D eigenvalue weighted by Crippen LogP contribution is -2.41. The highest BCUT2D eigenvalue weighted by Gasteiger charge is 2.24. The van der Waals surface area contributed by atoms with Gasteiger partial charge in [0.1, 0.15) is 5.88 Å². The van der Waals surface area contributed by atoms with Crippen molar-refractivity contribution < 1.29 is 4.79 Å². The summed E-state index contributed by atoms with van der Waals surface area (Å²) in [6, 6.07) is 8.02. The average molecular weight is 300 g/mol. The second kappa shape index (κ2) is 7.16. The van der Waals surface area contributed by atoms with Crippen molar-refractivity contribution in [2.75, 3.05) is 5.88 Å². The fraction of sp³-hybridized carbons (Fsp3) is 0.533. The zero-order valence-electron chi connectivity index (χ0n) is 10.9. The Morgan fingerprint density at radius 1 is 1.26 bits per heavy atom. The number of hydrogen-bond donors (Lipinski definition) is 0. The van der Waals surface area contributed by atoms with Gasteiger partial charge in [0, 0.05) is 17.6 Å². The molecule has 1 aliphatic rings. The van der Waals surface area contributed by atoms with Gasteiger partial charge in [0.15, 0.2) is 0 Å². The van der Waals surface area contributed by atoms with Crippen LogP contribution in [0.2, 0.25) is 5.02 Å². The van der Waals surface area contributed by atoms with E-state index in [1.165, 1.54) is 19.3 Å². The minimum Gasteiger partial charge on any atom is -0.334 e. The Labute approximate surface area is 124 Å². The molecular formula is C15H19Cl2NO. The molecule has 0 saturated heterocycles. The molecule has 0 spiro atoms. The molecule has 2 nitrogen and oxygen atoms in total. The van der Waals surface area contributed by atoms with E-state index < -0.39 is 0 Å². The first-order valence-corrected chi connectivity index (χ1v) is 7.72. The van der Waals surface area contributed by atoms with Crippen LogP contribution in [0.15, 0.2) is 24.3 Å². The quantitative estimate of drug-likeness (QED) is 0.762. The SMILES string of the molecule is O=C(CCl)N(Cc1cccc(Cl)c1)C1CCCCC1. The van der Waals surface area contributed by atoms with Crippen LogP contribution in [0.4, 0.5) is 0 Å². The van der Waals surface area contributed by atoms with Gasteiger partial charge in [-0.2, -0.15) is 0 Å². The molecule has 1 aromatic rings. The van der Waals surface area contributed by atoms with E-state index in [0.29, 0.717) is 17.6 Å². The van der Waals surface area contributed by atoms with Crippen LogP contribution in [0.1, 0.15) is 37.7 Å². The molecule has 2 rings (SSSR count). The van der Waals surface area contributed by atoms with Crippen LogP contribution in [0.25, 0.3) is 0 Å². The van der Waals surface area contributed by atoms with Gasteiger partial charge in [-0.25, -0.2) is 0 Å². The molecule has 19 heavy (non-hydrogen) atoms. The van der Waals surface area contributed by atoms with Crippen LogP contribution >= 0.6 is 23.2 Å². The highest BCUT2D eigenvalue weighted by atomic mass is 35.5. The number of carbonyl (C=O) groups is 1. The molecular weight excluding hydrogens is 281 g/mol. The molecule has 0 aromatic heterocycles.